The Balaban J connectivity index is 1.48. The van der Waals surface area contributed by atoms with E-state index in [1.807, 2.05) is 21.6 Å². The van der Waals surface area contributed by atoms with Crippen LogP contribution in [0.5, 0.6) is 0 Å². The van der Waals surface area contributed by atoms with Crippen molar-refractivity contribution in [1.29, 1.82) is 0 Å². The van der Waals surface area contributed by atoms with Gasteiger partial charge in [0.2, 0.25) is 5.91 Å². The van der Waals surface area contributed by atoms with Gasteiger partial charge in [-0.25, -0.2) is 9.18 Å². The quantitative estimate of drug-likeness (QED) is 0.820. The molecule has 0 N–H and O–H groups in total. The first-order chi connectivity index (χ1) is 12.5. The zero-order valence-corrected chi connectivity index (χ0v) is 15.2. The van der Waals surface area contributed by atoms with E-state index in [2.05, 4.69) is 0 Å². The van der Waals surface area contributed by atoms with Crippen LogP contribution in [0, 0.1) is 11.7 Å². The lowest BCUT2D eigenvalue weighted by atomic mass is 9.99. The summed E-state index contributed by atoms with van der Waals surface area (Å²) < 4.78 is 18.3. The fourth-order valence-electron chi connectivity index (χ4n) is 3.45. The second kappa shape index (κ2) is 8.49. The Morgan fingerprint density at radius 3 is 2.12 bits per heavy atom. The second-order valence-electron chi connectivity index (χ2n) is 6.93. The molecule has 2 aliphatic rings. The summed E-state index contributed by atoms with van der Waals surface area (Å²) >= 11 is 0. The Labute approximate surface area is 153 Å². The van der Waals surface area contributed by atoms with Gasteiger partial charge >= 0.3 is 6.03 Å². The van der Waals surface area contributed by atoms with Crippen LogP contribution in [-0.4, -0.2) is 79.1 Å². The summed E-state index contributed by atoms with van der Waals surface area (Å²) in [6.07, 6.45) is 0.589. The van der Waals surface area contributed by atoms with Crippen LogP contribution in [0.3, 0.4) is 0 Å². The molecule has 0 radical (unpaired) electrons. The predicted molar refractivity (Wildman–Crippen MR) is 95.2 cm³/mol. The molecule has 6 nitrogen and oxygen atoms in total. The number of hydrogen-bond acceptors (Lipinski definition) is 3. The van der Waals surface area contributed by atoms with Gasteiger partial charge in [-0.05, 0) is 24.1 Å². The first-order valence-corrected chi connectivity index (χ1v) is 9.19. The molecule has 0 saturated carbocycles. The lowest BCUT2D eigenvalue weighted by Gasteiger charge is -2.39. The van der Waals surface area contributed by atoms with Gasteiger partial charge in [0.1, 0.15) is 5.82 Å². The maximum absolute atomic E-state index is 13.0. The van der Waals surface area contributed by atoms with Crippen LogP contribution < -0.4 is 0 Å². The van der Waals surface area contributed by atoms with Gasteiger partial charge in [-0.2, -0.15) is 0 Å². The van der Waals surface area contributed by atoms with Crippen LogP contribution in [0.15, 0.2) is 24.3 Å². The van der Waals surface area contributed by atoms with Crippen molar-refractivity contribution in [3.05, 3.63) is 35.6 Å². The van der Waals surface area contributed by atoms with Crippen molar-refractivity contribution in [2.45, 2.75) is 13.3 Å². The molecule has 142 valence electrons. The maximum atomic E-state index is 13.0. The number of carbonyl (C=O) groups excluding carboxylic acids is 2. The van der Waals surface area contributed by atoms with Crippen molar-refractivity contribution in [1.82, 2.24) is 14.7 Å². The number of nitrogens with zero attached hydrogens (tertiary/aromatic N) is 3. The van der Waals surface area contributed by atoms with E-state index in [1.165, 1.54) is 12.1 Å². The fourth-order valence-corrected chi connectivity index (χ4v) is 3.45. The van der Waals surface area contributed by atoms with E-state index in [1.54, 1.807) is 12.1 Å². The highest BCUT2D eigenvalue weighted by Crippen LogP contribution is 2.15. The Hall–Kier alpha value is -2.15. The molecule has 1 aromatic rings. The zero-order valence-electron chi connectivity index (χ0n) is 15.2. The number of piperazine rings is 1. The highest BCUT2D eigenvalue weighted by atomic mass is 19.1. The number of amides is 3. The van der Waals surface area contributed by atoms with Crippen LogP contribution >= 0.6 is 0 Å². The third-order valence-electron chi connectivity index (χ3n) is 5.02. The van der Waals surface area contributed by atoms with E-state index in [0.29, 0.717) is 58.9 Å². The SMILES string of the molecule is CC(Cc1ccc(F)cc1)C(=O)N1CCN(C(=O)N2CCOCC2)CC1. The largest absolute Gasteiger partial charge is 0.378 e. The van der Waals surface area contributed by atoms with Gasteiger partial charge in [-0.3, -0.25) is 4.79 Å². The summed E-state index contributed by atoms with van der Waals surface area (Å²) in [5.41, 5.74) is 0.952. The highest BCUT2D eigenvalue weighted by molar-refractivity contribution is 5.79. The predicted octanol–water partition coefficient (Wildman–Crippen LogP) is 1.60. The molecule has 0 bridgehead atoms. The maximum Gasteiger partial charge on any atom is 0.320 e. The van der Waals surface area contributed by atoms with Gasteiger partial charge in [0.25, 0.3) is 0 Å². The molecule has 2 fully saturated rings. The van der Waals surface area contributed by atoms with Gasteiger partial charge in [0.15, 0.2) is 0 Å². The smallest absolute Gasteiger partial charge is 0.320 e. The van der Waals surface area contributed by atoms with Gasteiger partial charge in [0, 0.05) is 45.2 Å². The van der Waals surface area contributed by atoms with Crippen molar-refractivity contribution in [2.75, 3.05) is 52.5 Å². The molecule has 1 aromatic carbocycles. The van der Waals surface area contributed by atoms with E-state index < -0.39 is 0 Å². The van der Waals surface area contributed by atoms with Gasteiger partial charge in [-0.1, -0.05) is 19.1 Å². The molecular formula is C19H26FN3O3. The first-order valence-electron chi connectivity index (χ1n) is 9.19. The molecule has 2 heterocycles. The summed E-state index contributed by atoms with van der Waals surface area (Å²) in [7, 11) is 0. The monoisotopic (exact) mass is 363 g/mol. The minimum absolute atomic E-state index is 0.0414. The number of ether oxygens (including phenoxy) is 1. The Bertz CT molecular complexity index is 623. The molecule has 7 heteroatoms. The molecule has 3 rings (SSSR count). The first kappa shape index (κ1) is 18.6. The number of benzene rings is 1. The third-order valence-corrected chi connectivity index (χ3v) is 5.02. The molecule has 3 amide bonds. The van der Waals surface area contributed by atoms with Crippen LogP contribution in [0.1, 0.15) is 12.5 Å². The van der Waals surface area contributed by atoms with Crippen LogP contribution in [0.2, 0.25) is 0 Å². The van der Waals surface area contributed by atoms with E-state index in [0.717, 1.165) is 5.56 Å². The molecule has 0 aliphatic carbocycles. The van der Waals surface area contributed by atoms with Crippen molar-refractivity contribution in [2.24, 2.45) is 5.92 Å². The fraction of sp³-hybridized carbons (Fsp3) is 0.579. The topological polar surface area (TPSA) is 53.1 Å². The average molecular weight is 363 g/mol. The van der Waals surface area contributed by atoms with Crippen molar-refractivity contribution < 1.29 is 18.7 Å². The van der Waals surface area contributed by atoms with Gasteiger partial charge in [-0.15, -0.1) is 0 Å². The normalized spacial score (nSPS) is 19.4. The Kier molecular flexibility index (Phi) is 6.08. The average Bonchev–Trinajstić information content (AvgIpc) is 2.69. The van der Waals surface area contributed by atoms with Gasteiger partial charge in [0.05, 0.1) is 13.2 Å². The number of carbonyl (C=O) groups is 2. The molecule has 26 heavy (non-hydrogen) atoms. The zero-order chi connectivity index (χ0) is 18.5. The summed E-state index contributed by atoms with van der Waals surface area (Å²) in [6, 6.07) is 6.32. The van der Waals surface area contributed by atoms with Crippen molar-refractivity contribution in [3.8, 4) is 0 Å². The van der Waals surface area contributed by atoms with E-state index in [9.17, 15) is 14.0 Å². The molecule has 2 aliphatic heterocycles. The van der Waals surface area contributed by atoms with Crippen molar-refractivity contribution >= 4 is 11.9 Å². The van der Waals surface area contributed by atoms with Crippen LogP contribution in [0.4, 0.5) is 9.18 Å². The third kappa shape index (κ3) is 4.52. The molecule has 1 atom stereocenters. The Morgan fingerprint density at radius 2 is 1.50 bits per heavy atom. The summed E-state index contributed by atoms with van der Waals surface area (Å²) in [6.45, 7) is 6.58. The van der Waals surface area contributed by atoms with Gasteiger partial charge < -0.3 is 19.4 Å². The van der Waals surface area contributed by atoms with Crippen LogP contribution in [-0.2, 0) is 16.0 Å². The lowest BCUT2D eigenvalue weighted by Crippen LogP contribution is -2.56. The number of halogens is 1. The molecule has 2 saturated heterocycles. The summed E-state index contributed by atoms with van der Waals surface area (Å²) in [5.74, 6) is -0.344. The molecule has 0 aromatic heterocycles. The summed E-state index contributed by atoms with van der Waals surface area (Å²) in [4.78, 5) is 30.6. The minimum atomic E-state index is -0.270. The molecule has 0 spiro atoms. The van der Waals surface area contributed by atoms with Crippen LogP contribution in [0.25, 0.3) is 0 Å². The van der Waals surface area contributed by atoms with E-state index in [4.69, 9.17) is 4.74 Å². The number of morpholine rings is 1. The lowest BCUT2D eigenvalue weighted by molar-refractivity contribution is -0.136. The molecular weight excluding hydrogens is 337 g/mol. The number of rotatable bonds is 3. The van der Waals surface area contributed by atoms with E-state index >= 15 is 0 Å². The standard InChI is InChI=1S/C19H26FN3O3/c1-15(14-16-2-4-17(20)5-3-16)18(24)21-6-8-22(9-7-21)19(25)23-10-12-26-13-11-23/h2-5,15H,6-14H2,1H3. The molecule has 1 unspecified atom stereocenters. The van der Waals surface area contributed by atoms with E-state index in [-0.39, 0.29) is 23.7 Å². The summed E-state index contributed by atoms with van der Waals surface area (Å²) in [5, 5.41) is 0. The highest BCUT2D eigenvalue weighted by Gasteiger charge is 2.29. The van der Waals surface area contributed by atoms with Crippen molar-refractivity contribution in [3.63, 3.8) is 0 Å². The number of hydrogen-bond donors (Lipinski definition) is 0. The number of urea groups is 1. The Morgan fingerprint density at radius 1 is 0.962 bits per heavy atom. The minimum Gasteiger partial charge on any atom is -0.378 e. The second-order valence-corrected chi connectivity index (χ2v) is 6.93.